The molecule has 196 valence electrons. The van der Waals surface area contributed by atoms with Crippen molar-refractivity contribution in [2.45, 2.75) is 36.5 Å². The van der Waals surface area contributed by atoms with E-state index in [2.05, 4.69) is 49.9 Å². The fourth-order valence-electron chi connectivity index (χ4n) is 4.53. The van der Waals surface area contributed by atoms with Gasteiger partial charge in [0.15, 0.2) is 0 Å². The van der Waals surface area contributed by atoms with Gasteiger partial charge in [0.25, 0.3) is 0 Å². The van der Waals surface area contributed by atoms with E-state index in [9.17, 15) is 18.4 Å². The molecule has 3 aromatic heterocycles. The largest absolute Gasteiger partial charge is 0.417 e. The minimum Gasteiger partial charge on any atom is -0.367 e. The predicted molar refractivity (Wildman–Crippen MR) is 142 cm³/mol. The molecule has 4 aromatic rings. The number of pyridine rings is 2. The zero-order chi connectivity index (χ0) is 26.7. The molecule has 7 nitrogen and oxygen atoms in total. The molecular formula is C27H26F3N7S. The summed E-state index contributed by atoms with van der Waals surface area (Å²) in [5, 5.41) is 13.6. The van der Waals surface area contributed by atoms with Crippen LogP contribution in [0.3, 0.4) is 0 Å². The number of fused-ring (bicyclic) bond motifs is 1. The summed E-state index contributed by atoms with van der Waals surface area (Å²) in [6, 6.07) is 15.1. The van der Waals surface area contributed by atoms with Crippen molar-refractivity contribution in [2.75, 3.05) is 25.0 Å². The number of alkyl halides is 3. The Kier molecular flexibility index (Phi) is 7.56. The molecule has 3 N–H and O–H groups in total. The van der Waals surface area contributed by atoms with E-state index >= 15 is 0 Å². The van der Waals surface area contributed by atoms with Gasteiger partial charge in [-0.2, -0.15) is 18.4 Å². The number of halogens is 3. The number of nitriles is 1. The molecule has 1 aromatic carbocycles. The highest BCUT2D eigenvalue weighted by molar-refractivity contribution is 7.97. The van der Waals surface area contributed by atoms with Gasteiger partial charge in [-0.15, -0.1) is 0 Å². The lowest BCUT2D eigenvalue weighted by Crippen LogP contribution is -2.35. The number of rotatable bonds is 7. The number of nitrogens with zero attached hydrogens (tertiary/aromatic N) is 5. The summed E-state index contributed by atoms with van der Waals surface area (Å²) in [6.45, 7) is 2.78. The topological polar surface area (TPSA) is 95.8 Å². The Labute approximate surface area is 222 Å². The maximum Gasteiger partial charge on any atom is 0.417 e. The van der Waals surface area contributed by atoms with E-state index in [1.807, 2.05) is 16.8 Å². The SMILES string of the molecule is N#Cc1cn(CCN)c2ncc(-c3ccc(SN4CCC(Nc5ccc(C(F)(F)F)cn5)CC4)cc3)cc12. The molecule has 0 spiro atoms. The van der Waals surface area contributed by atoms with Crippen LogP contribution in [0.2, 0.25) is 0 Å². The van der Waals surface area contributed by atoms with Crippen molar-refractivity contribution in [1.82, 2.24) is 18.8 Å². The van der Waals surface area contributed by atoms with Gasteiger partial charge in [0.1, 0.15) is 17.5 Å². The second-order valence-electron chi connectivity index (χ2n) is 9.12. The number of anilines is 1. The summed E-state index contributed by atoms with van der Waals surface area (Å²) in [5.74, 6) is 0.463. The zero-order valence-electron chi connectivity index (χ0n) is 20.4. The molecule has 0 aliphatic carbocycles. The fraction of sp³-hybridized carbons (Fsp3) is 0.296. The molecule has 11 heteroatoms. The number of hydrogen-bond acceptors (Lipinski definition) is 7. The maximum atomic E-state index is 12.7. The normalized spacial score (nSPS) is 15.0. The monoisotopic (exact) mass is 537 g/mol. The Hall–Kier alpha value is -3.59. The van der Waals surface area contributed by atoms with E-state index in [1.54, 1.807) is 18.1 Å². The summed E-state index contributed by atoms with van der Waals surface area (Å²) >= 11 is 1.69. The van der Waals surface area contributed by atoms with Crippen LogP contribution in [-0.2, 0) is 12.7 Å². The molecule has 0 atom stereocenters. The zero-order valence-corrected chi connectivity index (χ0v) is 21.3. The Bertz CT molecular complexity index is 1440. The lowest BCUT2D eigenvalue weighted by Gasteiger charge is -2.31. The highest BCUT2D eigenvalue weighted by atomic mass is 32.2. The summed E-state index contributed by atoms with van der Waals surface area (Å²) in [6.07, 6.45) is 1.84. The molecule has 0 bridgehead atoms. The van der Waals surface area contributed by atoms with Crippen LogP contribution in [0.15, 0.2) is 66.0 Å². The number of nitrogens with two attached hydrogens (primary N) is 1. The van der Waals surface area contributed by atoms with Gasteiger partial charge in [-0.25, -0.2) is 14.3 Å². The van der Waals surface area contributed by atoms with E-state index in [1.165, 1.54) is 6.07 Å². The number of hydrogen-bond donors (Lipinski definition) is 2. The molecule has 1 aliphatic rings. The molecule has 5 rings (SSSR count). The van der Waals surface area contributed by atoms with Crippen LogP contribution in [0.1, 0.15) is 24.0 Å². The Morgan fingerprint density at radius 1 is 1.05 bits per heavy atom. The van der Waals surface area contributed by atoms with Crippen LogP contribution in [0, 0.1) is 11.3 Å². The highest BCUT2D eigenvalue weighted by Crippen LogP contribution is 2.32. The first kappa shape index (κ1) is 26.0. The first-order chi connectivity index (χ1) is 18.3. The molecule has 1 aliphatic heterocycles. The van der Waals surface area contributed by atoms with Gasteiger partial charge in [-0.05, 0) is 60.7 Å². The summed E-state index contributed by atoms with van der Waals surface area (Å²) < 4.78 is 42.4. The Morgan fingerprint density at radius 2 is 1.82 bits per heavy atom. The van der Waals surface area contributed by atoms with Gasteiger partial charge in [-0.3, -0.25) is 0 Å². The molecule has 0 radical (unpaired) electrons. The van der Waals surface area contributed by atoms with Crippen LogP contribution in [0.5, 0.6) is 0 Å². The fourth-order valence-corrected chi connectivity index (χ4v) is 5.48. The van der Waals surface area contributed by atoms with Crippen molar-refractivity contribution in [3.05, 3.63) is 72.2 Å². The molecule has 4 heterocycles. The molecule has 0 amide bonds. The molecule has 1 saturated heterocycles. The summed E-state index contributed by atoms with van der Waals surface area (Å²) in [5.41, 5.74) is 8.25. The van der Waals surface area contributed by atoms with Crippen LogP contribution in [0.25, 0.3) is 22.2 Å². The van der Waals surface area contributed by atoms with E-state index < -0.39 is 11.7 Å². The number of nitrogens with one attached hydrogen (secondary N) is 1. The second kappa shape index (κ2) is 11.0. The average Bonchev–Trinajstić information content (AvgIpc) is 3.27. The predicted octanol–water partition coefficient (Wildman–Crippen LogP) is 5.53. The van der Waals surface area contributed by atoms with Crippen LogP contribution < -0.4 is 11.1 Å². The maximum absolute atomic E-state index is 12.7. The number of piperidine rings is 1. The van der Waals surface area contributed by atoms with Gasteiger partial charge < -0.3 is 15.6 Å². The van der Waals surface area contributed by atoms with E-state index in [-0.39, 0.29) is 6.04 Å². The first-order valence-corrected chi connectivity index (χ1v) is 13.0. The second-order valence-corrected chi connectivity index (χ2v) is 10.3. The minimum absolute atomic E-state index is 0.166. The van der Waals surface area contributed by atoms with Crippen molar-refractivity contribution >= 4 is 28.8 Å². The van der Waals surface area contributed by atoms with Gasteiger partial charge in [0.05, 0.1) is 11.1 Å². The van der Waals surface area contributed by atoms with Gasteiger partial charge in [0.2, 0.25) is 0 Å². The molecule has 38 heavy (non-hydrogen) atoms. The van der Waals surface area contributed by atoms with E-state index in [4.69, 9.17) is 5.73 Å². The van der Waals surface area contributed by atoms with E-state index in [0.717, 1.165) is 65.3 Å². The lowest BCUT2D eigenvalue weighted by molar-refractivity contribution is -0.137. The summed E-state index contributed by atoms with van der Waals surface area (Å²) in [4.78, 5) is 9.63. The Balaban J connectivity index is 1.17. The number of benzene rings is 1. The lowest BCUT2D eigenvalue weighted by atomic mass is 10.1. The highest BCUT2D eigenvalue weighted by Gasteiger charge is 2.30. The molecular weight excluding hydrogens is 511 g/mol. The standard InChI is InChI=1S/C27H26F3N7S/c28-27(29,30)21-3-6-25(33-16-21)35-22-7-10-37(11-8-22)38-23-4-1-18(2-5-23)19-13-24-20(14-32)17-36(12-9-31)26(24)34-15-19/h1-6,13,15-17,22H,7-12,31H2,(H,33,35). The smallest absolute Gasteiger partial charge is 0.367 e. The first-order valence-electron chi connectivity index (χ1n) is 12.3. The van der Waals surface area contributed by atoms with Crippen LogP contribution >= 0.6 is 11.9 Å². The average molecular weight is 538 g/mol. The minimum atomic E-state index is -4.38. The van der Waals surface area contributed by atoms with Gasteiger partial charge in [-0.1, -0.05) is 12.1 Å². The Morgan fingerprint density at radius 3 is 2.45 bits per heavy atom. The van der Waals surface area contributed by atoms with Crippen molar-refractivity contribution in [2.24, 2.45) is 5.73 Å². The van der Waals surface area contributed by atoms with E-state index in [0.29, 0.717) is 24.5 Å². The quantitative estimate of drug-likeness (QED) is 0.299. The van der Waals surface area contributed by atoms with Crippen molar-refractivity contribution in [3.63, 3.8) is 0 Å². The van der Waals surface area contributed by atoms with Gasteiger partial charge >= 0.3 is 6.18 Å². The number of aromatic nitrogens is 3. The van der Waals surface area contributed by atoms with Crippen molar-refractivity contribution in [1.29, 1.82) is 5.26 Å². The van der Waals surface area contributed by atoms with Crippen LogP contribution in [0.4, 0.5) is 19.0 Å². The van der Waals surface area contributed by atoms with Gasteiger partial charge in [0, 0.05) is 66.7 Å². The molecule has 0 unspecified atom stereocenters. The third-order valence-electron chi connectivity index (χ3n) is 6.52. The molecule has 0 saturated carbocycles. The third kappa shape index (κ3) is 5.78. The molecule has 1 fully saturated rings. The third-order valence-corrected chi connectivity index (χ3v) is 7.63. The van der Waals surface area contributed by atoms with Crippen molar-refractivity contribution in [3.8, 4) is 17.2 Å². The van der Waals surface area contributed by atoms with Crippen LogP contribution in [-0.4, -0.2) is 44.5 Å². The van der Waals surface area contributed by atoms with Crippen molar-refractivity contribution < 1.29 is 13.2 Å². The summed E-state index contributed by atoms with van der Waals surface area (Å²) in [7, 11) is 0.